The smallest absolute Gasteiger partial charge is 0.339 e. The van der Waals surface area contributed by atoms with Crippen LogP contribution in [0.4, 0.5) is 0 Å². The standard InChI is InChI=1S/C16H14O4/c1-11-6-5-9-13(16(18)19)15(11)20-14(17)10-12-7-3-2-4-8-12/h2-9H,10H2,1H3,(H,18,19). The van der Waals surface area contributed by atoms with Crippen molar-refractivity contribution >= 4 is 11.9 Å². The number of esters is 1. The summed E-state index contributed by atoms with van der Waals surface area (Å²) in [6.45, 7) is 1.71. The zero-order chi connectivity index (χ0) is 14.5. The molecule has 0 radical (unpaired) electrons. The van der Waals surface area contributed by atoms with Crippen molar-refractivity contribution in [1.29, 1.82) is 0 Å². The van der Waals surface area contributed by atoms with E-state index in [1.54, 1.807) is 19.1 Å². The minimum absolute atomic E-state index is 0.00795. The number of hydrogen-bond acceptors (Lipinski definition) is 3. The number of aromatic carboxylic acids is 1. The zero-order valence-corrected chi connectivity index (χ0v) is 11.0. The number of carbonyl (C=O) groups is 2. The SMILES string of the molecule is Cc1cccc(C(=O)O)c1OC(=O)Cc1ccccc1. The first-order valence-corrected chi connectivity index (χ1v) is 6.15. The molecule has 0 heterocycles. The van der Waals surface area contributed by atoms with Crippen molar-refractivity contribution < 1.29 is 19.4 Å². The summed E-state index contributed by atoms with van der Waals surface area (Å²) in [5.74, 6) is -1.48. The first-order chi connectivity index (χ1) is 9.58. The van der Waals surface area contributed by atoms with Crippen LogP contribution in [0.3, 0.4) is 0 Å². The molecule has 0 aliphatic carbocycles. The molecule has 0 saturated carbocycles. The van der Waals surface area contributed by atoms with Crippen LogP contribution in [0.15, 0.2) is 48.5 Å². The van der Waals surface area contributed by atoms with Gasteiger partial charge in [0.05, 0.1) is 6.42 Å². The lowest BCUT2D eigenvalue weighted by molar-refractivity contribution is -0.133. The van der Waals surface area contributed by atoms with Crippen molar-refractivity contribution in [1.82, 2.24) is 0 Å². The van der Waals surface area contributed by atoms with E-state index < -0.39 is 11.9 Å². The van der Waals surface area contributed by atoms with E-state index in [0.29, 0.717) is 5.56 Å². The average molecular weight is 270 g/mol. The van der Waals surface area contributed by atoms with Crippen LogP contribution in [0.1, 0.15) is 21.5 Å². The average Bonchev–Trinajstić information content (AvgIpc) is 2.42. The van der Waals surface area contributed by atoms with Crippen LogP contribution in [0.25, 0.3) is 0 Å². The van der Waals surface area contributed by atoms with E-state index in [0.717, 1.165) is 5.56 Å². The summed E-state index contributed by atoms with van der Waals surface area (Å²) in [5, 5.41) is 9.10. The largest absolute Gasteiger partial charge is 0.478 e. The van der Waals surface area contributed by atoms with Crippen molar-refractivity contribution in [2.24, 2.45) is 0 Å². The first kappa shape index (κ1) is 13.8. The molecule has 0 amide bonds. The zero-order valence-electron chi connectivity index (χ0n) is 11.0. The van der Waals surface area contributed by atoms with Gasteiger partial charge in [0.25, 0.3) is 0 Å². The van der Waals surface area contributed by atoms with E-state index in [1.165, 1.54) is 6.07 Å². The fraction of sp³-hybridized carbons (Fsp3) is 0.125. The lowest BCUT2D eigenvalue weighted by Crippen LogP contribution is -2.14. The third-order valence-electron chi connectivity index (χ3n) is 2.85. The molecular weight excluding hydrogens is 256 g/mol. The van der Waals surface area contributed by atoms with Gasteiger partial charge < -0.3 is 9.84 Å². The van der Waals surface area contributed by atoms with Crippen molar-refractivity contribution in [2.75, 3.05) is 0 Å². The molecule has 0 atom stereocenters. The van der Waals surface area contributed by atoms with Crippen LogP contribution in [-0.4, -0.2) is 17.0 Å². The normalized spacial score (nSPS) is 10.1. The summed E-state index contributed by atoms with van der Waals surface area (Å²) in [6, 6.07) is 13.9. The number of benzene rings is 2. The van der Waals surface area contributed by atoms with Gasteiger partial charge in [0.2, 0.25) is 0 Å². The fourth-order valence-electron chi connectivity index (χ4n) is 1.87. The van der Waals surface area contributed by atoms with E-state index in [2.05, 4.69) is 0 Å². The van der Waals surface area contributed by atoms with Crippen LogP contribution < -0.4 is 4.74 Å². The highest BCUT2D eigenvalue weighted by atomic mass is 16.5. The highest BCUT2D eigenvalue weighted by Crippen LogP contribution is 2.24. The third-order valence-corrected chi connectivity index (χ3v) is 2.85. The van der Waals surface area contributed by atoms with E-state index >= 15 is 0 Å². The lowest BCUT2D eigenvalue weighted by atomic mass is 10.1. The molecule has 2 aromatic rings. The Morgan fingerprint density at radius 2 is 1.75 bits per heavy atom. The molecule has 2 rings (SSSR count). The number of ether oxygens (including phenoxy) is 1. The van der Waals surface area contributed by atoms with Crippen molar-refractivity contribution in [2.45, 2.75) is 13.3 Å². The number of hydrogen-bond donors (Lipinski definition) is 1. The van der Waals surface area contributed by atoms with Crippen LogP contribution >= 0.6 is 0 Å². The van der Waals surface area contributed by atoms with Gasteiger partial charge >= 0.3 is 11.9 Å². The highest BCUT2D eigenvalue weighted by Gasteiger charge is 2.16. The molecule has 0 fully saturated rings. The number of carboxylic acid groups (broad SMARTS) is 1. The van der Waals surface area contributed by atoms with E-state index in [9.17, 15) is 9.59 Å². The first-order valence-electron chi connectivity index (χ1n) is 6.15. The van der Waals surface area contributed by atoms with Gasteiger partial charge in [0.15, 0.2) is 0 Å². The molecule has 0 unspecified atom stereocenters. The monoisotopic (exact) mass is 270 g/mol. The molecule has 0 saturated heterocycles. The molecule has 4 nitrogen and oxygen atoms in total. The molecule has 2 aromatic carbocycles. The second kappa shape index (κ2) is 6.02. The quantitative estimate of drug-likeness (QED) is 0.685. The third kappa shape index (κ3) is 3.23. The summed E-state index contributed by atoms with van der Waals surface area (Å²) < 4.78 is 5.22. The number of para-hydroxylation sites is 1. The Hall–Kier alpha value is -2.62. The van der Waals surface area contributed by atoms with E-state index in [1.807, 2.05) is 30.3 Å². The Balaban J connectivity index is 2.18. The Labute approximate surface area is 116 Å². The second-order valence-electron chi connectivity index (χ2n) is 4.39. The molecule has 102 valence electrons. The van der Waals surface area contributed by atoms with Crippen molar-refractivity contribution in [3.05, 3.63) is 65.2 Å². The van der Waals surface area contributed by atoms with Gasteiger partial charge in [-0.1, -0.05) is 42.5 Å². The fourth-order valence-corrected chi connectivity index (χ4v) is 1.87. The van der Waals surface area contributed by atoms with Gasteiger partial charge in [0, 0.05) is 0 Å². The van der Waals surface area contributed by atoms with Crippen LogP contribution in [0, 0.1) is 6.92 Å². The molecule has 0 bridgehead atoms. The molecular formula is C16H14O4. The van der Waals surface area contributed by atoms with Gasteiger partial charge in [-0.2, -0.15) is 0 Å². The Kier molecular flexibility index (Phi) is 4.15. The lowest BCUT2D eigenvalue weighted by Gasteiger charge is -2.10. The predicted octanol–water partition coefficient (Wildman–Crippen LogP) is 2.84. The minimum Gasteiger partial charge on any atom is -0.478 e. The second-order valence-corrected chi connectivity index (χ2v) is 4.39. The Morgan fingerprint density at radius 1 is 1.05 bits per heavy atom. The van der Waals surface area contributed by atoms with Gasteiger partial charge in [-0.05, 0) is 24.1 Å². The molecule has 0 spiro atoms. The summed E-state index contributed by atoms with van der Waals surface area (Å²) in [5.41, 5.74) is 1.43. The topological polar surface area (TPSA) is 63.6 Å². The molecule has 0 aromatic heterocycles. The molecule has 4 heteroatoms. The molecule has 0 aliphatic heterocycles. The van der Waals surface area contributed by atoms with Crippen molar-refractivity contribution in [3.8, 4) is 5.75 Å². The van der Waals surface area contributed by atoms with Crippen LogP contribution in [0.5, 0.6) is 5.75 Å². The minimum atomic E-state index is -1.11. The molecule has 20 heavy (non-hydrogen) atoms. The number of carbonyl (C=O) groups excluding carboxylic acids is 1. The number of carboxylic acids is 1. The van der Waals surface area contributed by atoms with Crippen molar-refractivity contribution in [3.63, 3.8) is 0 Å². The molecule has 1 N–H and O–H groups in total. The van der Waals surface area contributed by atoms with Gasteiger partial charge in [0.1, 0.15) is 11.3 Å². The van der Waals surface area contributed by atoms with Crippen LogP contribution in [-0.2, 0) is 11.2 Å². The Morgan fingerprint density at radius 3 is 2.40 bits per heavy atom. The maximum absolute atomic E-state index is 11.9. The predicted molar refractivity (Wildman–Crippen MR) is 73.9 cm³/mol. The highest BCUT2D eigenvalue weighted by molar-refractivity contribution is 5.92. The maximum atomic E-state index is 11.9. The number of aryl methyl sites for hydroxylation is 1. The summed E-state index contributed by atoms with van der Waals surface area (Å²) in [4.78, 5) is 23.0. The number of rotatable bonds is 4. The summed E-state index contributed by atoms with van der Waals surface area (Å²) in [7, 11) is 0. The van der Waals surface area contributed by atoms with Crippen LogP contribution in [0.2, 0.25) is 0 Å². The van der Waals surface area contributed by atoms with Gasteiger partial charge in [-0.3, -0.25) is 4.79 Å². The van der Waals surface area contributed by atoms with E-state index in [4.69, 9.17) is 9.84 Å². The Bertz CT molecular complexity index is 632. The summed E-state index contributed by atoms with van der Waals surface area (Å²) >= 11 is 0. The van der Waals surface area contributed by atoms with E-state index in [-0.39, 0.29) is 17.7 Å². The van der Waals surface area contributed by atoms with Gasteiger partial charge in [-0.25, -0.2) is 4.79 Å². The summed E-state index contributed by atoms with van der Waals surface area (Å²) in [6.07, 6.45) is 0.105. The maximum Gasteiger partial charge on any atom is 0.339 e. The molecule has 0 aliphatic rings. The van der Waals surface area contributed by atoms with Gasteiger partial charge in [-0.15, -0.1) is 0 Å².